The van der Waals surface area contributed by atoms with Crippen LogP contribution in [0.1, 0.15) is 72.6 Å². The molecule has 0 radical (unpaired) electrons. The molecule has 0 unspecified atom stereocenters. The molecular weight excluding hydrogens is 382 g/mol. The van der Waals surface area contributed by atoms with Crippen molar-refractivity contribution in [1.82, 2.24) is 0 Å². The number of fused-ring (bicyclic) bond motifs is 5. The van der Waals surface area contributed by atoms with Gasteiger partial charge < -0.3 is 4.74 Å². The van der Waals surface area contributed by atoms with Crippen LogP contribution in [0.2, 0.25) is 0 Å². The number of isothiocyanates is 1. The summed E-state index contributed by atoms with van der Waals surface area (Å²) in [6.45, 7) is 8.00. The fourth-order valence-electron chi connectivity index (χ4n) is 7.91. The molecule has 4 nitrogen and oxygen atoms in total. The summed E-state index contributed by atoms with van der Waals surface area (Å²) >= 11 is 4.91. The predicted molar refractivity (Wildman–Crippen MR) is 116 cm³/mol. The molecule has 3 saturated carbocycles. The Bertz CT molecular complexity index is 800. The predicted octanol–water partition coefficient (Wildman–Crippen LogP) is 5.17. The highest BCUT2D eigenvalue weighted by molar-refractivity contribution is 7.78. The Hall–Kier alpha value is -1.32. The van der Waals surface area contributed by atoms with Gasteiger partial charge in [0.1, 0.15) is 11.9 Å². The van der Waals surface area contributed by atoms with E-state index in [1.54, 1.807) is 6.92 Å². The van der Waals surface area contributed by atoms with Gasteiger partial charge in [-0.05, 0) is 86.3 Å². The van der Waals surface area contributed by atoms with Gasteiger partial charge in [-0.25, -0.2) is 4.99 Å². The standard InChI is InChI=1S/C24H33NO3S/c1-14(26)22-21(25-13-29)12-20-18-6-5-16-11-17(28-15(2)27)7-9-23(16,3)19(18)8-10-24(20,22)4/h5,17-22H,6-12H2,1-4H3/t17-,18+,19-,20-,21+,22-,23-,24-/m0/s1. The van der Waals surface area contributed by atoms with E-state index in [-0.39, 0.29) is 40.6 Å². The fourth-order valence-corrected chi connectivity index (χ4v) is 8.04. The van der Waals surface area contributed by atoms with Crippen LogP contribution in [0, 0.1) is 34.5 Å². The van der Waals surface area contributed by atoms with E-state index in [0.717, 1.165) is 38.5 Å². The van der Waals surface area contributed by atoms with Crippen molar-refractivity contribution < 1.29 is 14.3 Å². The number of nitrogens with zero attached hydrogens (tertiary/aromatic N) is 1. The van der Waals surface area contributed by atoms with Gasteiger partial charge in [0, 0.05) is 19.3 Å². The highest BCUT2D eigenvalue weighted by atomic mass is 32.1. The zero-order chi connectivity index (χ0) is 21.0. The second-order valence-electron chi connectivity index (χ2n) is 10.4. The van der Waals surface area contributed by atoms with Crippen LogP contribution < -0.4 is 0 Å². The smallest absolute Gasteiger partial charge is 0.302 e. The molecule has 0 aliphatic heterocycles. The van der Waals surface area contributed by atoms with Crippen molar-refractivity contribution in [2.75, 3.05) is 0 Å². The quantitative estimate of drug-likeness (QED) is 0.276. The van der Waals surface area contributed by atoms with Crippen molar-refractivity contribution in [2.45, 2.75) is 84.8 Å². The minimum Gasteiger partial charge on any atom is -0.462 e. The van der Waals surface area contributed by atoms with Crippen LogP contribution in [-0.4, -0.2) is 29.1 Å². The maximum absolute atomic E-state index is 12.6. The van der Waals surface area contributed by atoms with Crippen LogP contribution in [-0.2, 0) is 14.3 Å². The minimum atomic E-state index is -0.173. The summed E-state index contributed by atoms with van der Waals surface area (Å²) in [7, 11) is 0. The van der Waals surface area contributed by atoms with E-state index in [4.69, 9.17) is 17.0 Å². The molecule has 0 aromatic heterocycles. The lowest BCUT2D eigenvalue weighted by Gasteiger charge is -2.57. The Balaban J connectivity index is 1.63. The van der Waals surface area contributed by atoms with Crippen LogP contribution in [0.5, 0.6) is 0 Å². The van der Waals surface area contributed by atoms with Crippen molar-refractivity contribution in [1.29, 1.82) is 0 Å². The van der Waals surface area contributed by atoms with Gasteiger partial charge >= 0.3 is 5.97 Å². The molecular formula is C24H33NO3S. The maximum Gasteiger partial charge on any atom is 0.302 e. The number of thiocarbonyl (C=S) groups is 1. The number of carbonyl (C=O) groups is 2. The SMILES string of the molecule is CC(=O)O[C@H]1CC[C@@]2(C)C(=CC[C@H]3[C@@H]4C[C@@H](N=C=S)[C@H](C(C)=O)[C@@]4(C)CC[C@@H]32)C1. The number of rotatable bonds is 3. The molecule has 4 rings (SSSR count). The van der Waals surface area contributed by atoms with Gasteiger partial charge in [0.05, 0.1) is 11.2 Å². The average Bonchev–Trinajstić information content (AvgIpc) is 2.94. The fraction of sp³-hybridized carbons (Fsp3) is 0.792. The molecule has 0 N–H and O–H groups in total. The summed E-state index contributed by atoms with van der Waals surface area (Å²) < 4.78 is 5.54. The molecule has 0 aromatic rings. The lowest BCUT2D eigenvalue weighted by Crippen LogP contribution is -2.51. The Morgan fingerprint density at radius 3 is 2.62 bits per heavy atom. The first-order valence-corrected chi connectivity index (χ1v) is 11.6. The van der Waals surface area contributed by atoms with Gasteiger partial charge in [-0.3, -0.25) is 9.59 Å². The molecule has 158 valence electrons. The third-order valence-electron chi connectivity index (χ3n) is 9.08. The summed E-state index contributed by atoms with van der Waals surface area (Å²) in [6.07, 6.45) is 9.68. The highest BCUT2D eigenvalue weighted by Crippen LogP contribution is 2.66. The number of carbonyl (C=O) groups excluding carboxylic acids is 2. The van der Waals surface area contributed by atoms with Crippen molar-refractivity contribution in [3.05, 3.63) is 11.6 Å². The largest absolute Gasteiger partial charge is 0.462 e. The molecule has 0 spiro atoms. The maximum atomic E-state index is 12.6. The number of Topliss-reactive ketones (excluding diaryl/α,β-unsaturated/α-hetero) is 1. The van der Waals surface area contributed by atoms with Crippen LogP contribution in [0.15, 0.2) is 16.6 Å². The molecule has 3 fully saturated rings. The molecule has 4 aliphatic rings. The van der Waals surface area contributed by atoms with E-state index in [1.165, 1.54) is 18.9 Å². The van der Waals surface area contributed by atoms with Crippen LogP contribution in [0.4, 0.5) is 0 Å². The number of hydrogen-bond donors (Lipinski definition) is 0. The number of esters is 1. The summed E-state index contributed by atoms with van der Waals surface area (Å²) in [5.41, 5.74) is 1.71. The zero-order valence-electron chi connectivity index (χ0n) is 18.1. The number of ketones is 1. The number of hydrogen-bond acceptors (Lipinski definition) is 5. The Labute approximate surface area is 179 Å². The van der Waals surface area contributed by atoms with Gasteiger partial charge in [-0.15, -0.1) is 0 Å². The van der Waals surface area contributed by atoms with Gasteiger partial charge in [-0.1, -0.05) is 25.5 Å². The van der Waals surface area contributed by atoms with Crippen LogP contribution >= 0.6 is 12.2 Å². The van der Waals surface area contributed by atoms with E-state index < -0.39 is 0 Å². The molecule has 29 heavy (non-hydrogen) atoms. The molecule has 4 aliphatic carbocycles. The van der Waals surface area contributed by atoms with Crippen molar-refractivity contribution >= 4 is 29.1 Å². The van der Waals surface area contributed by atoms with E-state index in [9.17, 15) is 9.59 Å². The Kier molecular flexibility index (Phi) is 5.36. The van der Waals surface area contributed by atoms with Gasteiger partial charge in [0.25, 0.3) is 0 Å². The molecule has 0 saturated heterocycles. The van der Waals surface area contributed by atoms with Crippen LogP contribution in [0.3, 0.4) is 0 Å². The summed E-state index contributed by atoms with van der Waals surface area (Å²) in [5.74, 6) is 1.80. The molecule has 0 amide bonds. The topological polar surface area (TPSA) is 55.7 Å². The van der Waals surface area contributed by atoms with Gasteiger partial charge in [0.2, 0.25) is 0 Å². The molecule has 0 bridgehead atoms. The second-order valence-corrected chi connectivity index (χ2v) is 10.6. The monoisotopic (exact) mass is 415 g/mol. The van der Waals surface area contributed by atoms with E-state index in [1.807, 2.05) is 0 Å². The van der Waals surface area contributed by atoms with E-state index in [0.29, 0.717) is 17.8 Å². The second kappa shape index (κ2) is 7.42. The first-order valence-electron chi connectivity index (χ1n) is 11.1. The molecule has 0 aromatic carbocycles. The molecule has 0 heterocycles. The number of aliphatic imine (C=N–C) groups is 1. The summed E-state index contributed by atoms with van der Waals surface area (Å²) in [4.78, 5) is 28.5. The third kappa shape index (κ3) is 3.25. The van der Waals surface area contributed by atoms with Crippen molar-refractivity contribution in [3.8, 4) is 0 Å². The Morgan fingerprint density at radius 1 is 1.21 bits per heavy atom. The Morgan fingerprint density at radius 2 is 1.97 bits per heavy atom. The van der Waals surface area contributed by atoms with Crippen molar-refractivity contribution in [3.63, 3.8) is 0 Å². The lowest BCUT2D eigenvalue weighted by molar-refractivity contribution is -0.149. The van der Waals surface area contributed by atoms with E-state index in [2.05, 4.69) is 30.1 Å². The highest BCUT2D eigenvalue weighted by Gasteiger charge is 2.62. The zero-order valence-corrected chi connectivity index (χ0v) is 18.9. The first kappa shape index (κ1) is 20.9. The minimum absolute atomic E-state index is 0.00312. The first-order chi connectivity index (χ1) is 13.7. The average molecular weight is 416 g/mol. The third-order valence-corrected chi connectivity index (χ3v) is 9.18. The van der Waals surface area contributed by atoms with Crippen LogP contribution in [0.25, 0.3) is 0 Å². The van der Waals surface area contributed by atoms with E-state index >= 15 is 0 Å². The summed E-state index contributed by atoms with van der Waals surface area (Å²) in [6, 6.07) is -0.00312. The number of allylic oxidation sites excluding steroid dienone is 1. The molecule has 8 atom stereocenters. The number of ether oxygens (including phenoxy) is 1. The summed E-state index contributed by atoms with van der Waals surface area (Å²) in [5, 5.41) is 2.57. The molecule has 5 heteroatoms. The van der Waals surface area contributed by atoms with Gasteiger partial charge in [0.15, 0.2) is 0 Å². The normalized spacial score (nSPS) is 45.7. The van der Waals surface area contributed by atoms with Crippen molar-refractivity contribution in [2.24, 2.45) is 39.5 Å². The van der Waals surface area contributed by atoms with Gasteiger partial charge in [-0.2, -0.15) is 0 Å². The lowest BCUT2D eigenvalue weighted by atomic mass is 9.47.